The van der Waals surface area contributed by atoms with Gasteiger partial charge in [0.05, 0.1) is 0 Å². The summed E-state index contributed by atoms with van der Waals surface area (Å²) in [6, 6.07) is 0. The molecule has 0 bridgehead atoms. The first-order chi connectivity index (χ1) is 4.59. The van der Waals surface area contributed by atoms with E-state index in [9.17, 15) is 0 Å². The van der Waals surface area contributed by atoms with E-state index in [1.807, 2.05) is 6.92 Å². The molecule has 0 unspecified atom stereocenters. The van der Waals surface area contributed by atoms with Gasteiger partial charge in [0.1, 0.15) is 0 Å². The van der Waals surface area contributed by atoms with Crippen molar-refractivity contribution < 1.29 is 0 Å². The molecule has 0 spiro atoms. The molecule has 0 nitrogen and oxygen atoms in total. The maximum atomic E-state index is 3.37. The van der Waals surface area contributed by atoms with Gasteiger partial charge >= 0.3 is 14.1 Å². The molecule has 0 radical (unpaired) electrons. The van der Waals surface area contributed by atoms with Gasteiger partial charge in [-0.05, 0) is 6.92 Å². The van der Waals surface area contributed by atoms with Gasteiger partial charge in [-0.15, -0.1) is 5.92 Å². The van der Waals surface area contributed by atoms with E-state index in [2.05, 4.69) is 38.4 Å². The standard InChI is InChI=1S/2C3H7.C3H3.Al/c3*1-3-2;/h2*3H,1-2H3;1H3;. The zero-order chi connectivity index (χ0) is 8.15. The number of hydrogen-bond acceptors (Lipinski definition) is 0. The topological polar surface area (TPSA) is 0 Å². The Labute approximate surface area is 69.4 Å². The van der Waals surface area contributed by atoms with Gasteiger partial charge in [-0.2, -0.15) is 0 Å². The highest BCUT2D eigenvalue weighted by Crippen LogP contribution is 2.18. The van der Waals surface area contributed by atoms with Gasteiger partial charge < -0.3 is 0 Å². The Bertz CT molecular complexity index is 129. The van der Waals surface area contributed by atoms with Crippen molar-refractivity contribution in [2.24, 2.45) is 0 Å². The second-order valence-corrected chi connectivity index (χ2v) is 7.42. The average Bonchev–Trinajstić information content (AvgIpc) is 1.81. The fourth-order valence-electron chi connectivity index (χ4n) is 1.27. The molecule has 10 heavy (non-hydrogen) atoms. The predicted octanol–water partition coefficient (Wildman–Crippen LogP) is 2.86. The maximum absolute atomic E-state index is 3.37. The third kappa shape index (κ3) is 3.31. The van der Waals surface area contributed by atoms with Crippen LogP contribution in [0.4, 0.5) is 0 Å². The normalized spacial score (nSPS) is 9.50. The van der Waals surface area contributed by atoms with Gasteiger partial charge in [0, 0.05) is 0 Å². The highest BCUT2D eigenvalue weighted by atomic mass is 27.2. The first-order valence-electron chi connectivity index (χ1n) is 4.01. The molecular formula is C9H17Al. The van der Waals surface area contributed by atoms with E-state index in [-0.39, 0.29) is 0 Å². The molecule has 0 N–H and O–H groups in total. The summed E-state index contributed by atoms with van der Waals surface area (Å²) in [4.78, 5) is 3.37. The van der Waals surface area contributed by atoms with E-state index in [4.69, 9.17) is 0 Å². The van der Waals surface area contributed by atoms with Crippen molar-refractivity contribution >= 4 is 14.1 Å². The van der Waals surface area contributed by atoms with E-state index >= 15 is 0 Å². The molecule has 0 aromatic heterocycles. The summed E-state index contributed by atoms with van der Waals surface area (Å²) >= 11 is -0.742. The molecule has 0 heterocycles. The molecule has 0 rings (SSSR count). The zero-order valence-corrected chi connectivity index (χ0v) is 8.89. The molecule has 56 valence electrons. The van der Waals surface area contributed by atoms with Crippen molar-refractivity contribution in [3.8, 4) is 10.7 Å². The van der Waals surface area contributed by atoms with E-state index < -0.39 is 14.1 Å². The first-order valence-corrected chi connectivity index (χ1v) is 5.93. The lowest BCUT2D eigenvalue weighted by atomic mass is 10.5. The summed E-state index contributed by atoms with van der Waals surface area (Å²) < 4.78 is 1.65. The molecule has 0 amide bonds. The Morgan fingerprint density at radius 3 is 1.50 bits per heavy atom. The Morgan fingerprint density at radius 2 is 1.40 bits per heavy atom. The molecule has 0 saturated carbocycles. The summed E-state index contributed by atoms with van der Waals surface area (Å²) in [5.41, 5.74) is 0. The molecule has 0 aliphatic heterocycles. The highest BCUT2D eigenvalue weighted by Gasteiger charge is 2.23. The molecule has 1 heteroatoms. The molecule has 0 aliphatic carbocycles. The van der Waals surface area contributed by atoms with Crippen LogP contribution in [-0.2, 0) is 0 Å². The smallest absolute Gasteiger partial charge is 0.205 e. The van der Waals surface area contributed by atoms with Crippen LogP contribution in [0.2, 0.25) is 9.56 Å². The minimum atomic E-state index is -0.742. The zero-order valence-electron chi connectivity index (χ0n) is 7.73. The average molecular weight is 152 g/mol. The SMILES string of the molecule is CC#[C][Al]([CH](C)C)[CH](C)C. The van der Waals surface area contributed by atoms with Crippen LogP contribution in [0.25, 0.3) is 0 Å². The van der Waals surface area contributed by atoms with E-state index in [1.54, 1.807) is 0 Å². The van der Waals surface area contributed by atoms with Crippen molar-refractivity contribution in [1.29, 1.82) is 0 Å². The fourth-order valence-corrected chi connectivity index (χ4v) is 3.81. The van der Waals surface area contributed by atoms with Crippen molar-refractivity contribution in [3.05, 3.63) is 0 Å². The second-order valence-electron chi connectivity index (χ2n) is 3.41. The molecule has 0 aliphatic rings. The summed E-state index contributed by atoms with van der Waals surface area (Å²) in [5.74, 6) is 3.04. The van der Waals surface area contributed by atoms with Crippen LogP contribution in [-0.4, -0.2) is 14.1 Å². The Balaban J connectivity index is 4.07. The molecule has 0 fully saturated rings. The Kier molecular flexibility index (Phi) is 4.88. The maximum Gasteiger partial charge on any atom is 0.381 e. The van der Waals surface area contributed by atoms with Crippen molar-refractivity contribution in [2.45, 2.75) is 44.2 Å². The minimum absolute atomic E-state index is 0.742. The van der Waals surface area contributed by atoms with E-state index in [0.717, 1.165) is 9.56 Å². The predicted molar refractivity (Wildman–Crippen MR) is 49.4 cm³/mol. The lowest BCUT2D eigenvalue weighted by Crippen LogP contribution is -2.18. The van der Waals surface area contributed by atoms with Crippen LogP contribution < -0.4 is 0 Å². The van der Waals surface area contributed by atoms with Crippen LogP contribution in [0.5, 0.6) is 0 Å². The summed E-state index contributed by atoms with van der Waals surface area (Å²) in [6.07, 6.45) is 0. The van der Waals surface area contributed by atoms with Gasteiger partial charge in [0.2, 0.25) is 0 Å². The Morgan fingerprint density at radius 1 is 1.00 bits per heavy atom. The molecule has 0 aromatic carbocycles. The summed E-state index contributed by atoms with van der Waals surface area (Å²) in [5, 5.41) is 0. The highest BCUT2D eigenvalue weighted by molar-refractivity contribution is 6.70. The molecule has 0 aromatic rings. The van der Waals surface area contributed by atoms with Crippen LogP contribution in [0.1, 0.15) is 34.6 Å². The van der Waals surface area contributed by atoms with Gasteiger partial charge in [0.15, 0.2) is 0 Å². The summed E-state index contributed by atoms with van der Waals surface area (Å²) in [6.45, 7) is 11.1. The largest absolute Gasteiger partial charge is 0.381 e. The van der Waals surface area contributed by atoms with Crippen LogP contribution in [0.3, 0.4) is 0 Å². The van der Waals surface area contributed by atoms with Crippen molar-refractivity contribution in [1.82, 2.24) is 0 Å². The van der Waals surface area contributed by atoms with Crippen LogP contribution in [0.15, 0.2) is 0 Å². The third-order valence-corrected chi connectivity index (χ3v) is 5.24. The Hall–Kier alpha value is 0.0925. The second kappa shape index (κ2) is 4.84. The summed E-state index contributed by atoms with van der Waals surface area (Å²) in [7, 11) is 0. The van der Waals surface area contributed by atoms with E-state index in [0.29, 0.717) is 0 Å². The van der Waals surface area contributed by atoms with Gasteiger partial charge in [-0.3, -0.25) is 0 Å². The van der Waals surface area contributed by atoms with Gasteiger partial charge in [0.25, 0.3) is 0 Å². The number of hydrogen-bond donors (Lipinski definition) is 0. The minimum Gasteiger partial charge on any atom is -0.205 e. The quantitative estimate of drug-likeness (QED) is 0.421. The molecular weight excluding hydrogens is 135 g/mol. The molecule has 0 atom stereocenters. The monoisotopic (exact) mass is 152 g/mol. The van der Waals surface area contributed by atoms with E-state index in [1.165, 1.54) is 0 Å². The van der Waals surface area contributed by atoms with Crippen molar-refractivity contribution in [2.75, 3.05) is 0 Å². The van der Waals surface area contributed by atoms with Gasteiger partial charge in [-0.25, -0.2) is 4.78 Å². The van der Waals surface area contributed by atoms with Gasteiger partial charge in [-0.1, -0.05) is 37.3 Å². The molecule has 0 saturated heterocycles. The van der Waals surface area contributed by atoms with Crippen molar-refractivity contribution in [3.63, 3.8) is 0 Å². The number of rotatable bonds is 2. The van der Waals surface area contributed by atoms with Crippen LogP contribution in [0, 0.1) is 10.7 Å². The third-order valence-electron chi connectivity index (χ3n) is 1.75. The first kappa shape index (κ1) is 10.1. The fraction of sp³-hybridized carbons (Fsp3) is 0.778. The lowest BCUT2D eigenvalue weighted by Gasteiger charge is -2.11. The lowest BCUT2D eigenvalue weighted by molar-refractivity contribution is 0.954. The van der Waals surface area contributed by atoms with Crippen LogP contribution >= 0.6 is 0 Å².